The van der Waals surface area contributed by atoms with Gasteiger partial charge >= 0.3 is 0 Å². The number of aryl methyl sites for hydroxylation is 1. The average molecular weight is 499 g/mol. The van der Waals surface area contributed by atoms with Crippen LogP contribution in [0.15, 0.2) is 83.9 Å². The number of rotatable bonds is 17. The number of oxazole rings is 1. The second-order valence-corrected chi connectivity index (χ2v) is 10.3. The minimum Gasteiger partial charge on any atom is -0.436 e. The van der Waals surface area contributed by atoms with E-state index in [2.05, 4.69) is 64.0 Å². The first-order valence-corrected chi connectivity index (χ1v) is 14.5. The molecule has 196 valence electrons. The molecule has 4 aromatic rings. The molecule has 0 atom stereocenters. The summed E-state index contributed by atoms with van der Waals surface area (Å²) in [5.41, 5.74) is 3.31. The summed E-state index contributed by atoms with van der Waals surface area (Å²) in [6.07, 6.45) is 25.1. The Balaban J connectivity index is 1.12. The van der Waals surface area contributed by atoms with Crippen molar-refractivity contribution in [2.24, 2.45) is 0 Å². The third kappa shape index (κ3) is 9.03. The smallest absolute Gasteiger partial charge is 0.244 e. The van der Waals surface area contributed by atoms with Gasteiger partial charge in [-0.1, -0.05) is 114 Å². The van der Waals surface area contributed by atoms with Gasteiger partial charge in [-0.25, -0.2) is 14.1 Å². The third-order valence-electron chi connectivity index (χ3n) is 7.15. The van der Waals surface area contributed by atoms with Gasteiger partial charge in [0.1, 0.15) is 18.9 Å². The quantitative estimate of drug-likeness (QED) is 0.108. The van der Waals surface area contributed by atoms with E-state index < -0.39 is 0 Å². The molecular formula is C33H44N3O+. The summed E-state index contributed by atoms with van der Waals surface area (Å²) in [4.78, 5) is 4.48. The van der Waals surface area contributed by atoms with Crippen LogP contribution >= 0.6 is 0 Å². The van der Waals surface area contributed by atoms with Gasteiger partial charge in [0.25, 0.3) is 0 Å². The molecule has 37 heavy (non-hydrogen) atoms. The number of unbranched alkanes of at least 4 members (excludes halogenated alkanes) is 11. The van der Waals surface area contributed by atoms with Crippen molar-refractivity contribution in [2.45, 2.75) is 97.1 Å². The number of imidazole rings is 1. The molecule has 0 radical (unpaired) electrons. The maximum atomic E-state index is 5.99. The molecule has 2 aromatic heterocycles. The summed E-state index contributed by atoms with van der Waals surface area (Å²) in [5.74, 6) is 1.45. The summed E-state index contributed by atoms with van der Waals surface area (Å²) < 4.78 is 10.6. The molecule has 0 aliphatic heterocycles. The molecule has 0 unspecified atom stereocenters. The first-order valence-electron chi connectivity index (χ1n) is 14.5. The van der Waals surface area contributed by atoms with Gasteiger partial charge in [0.15, 0.2) is 5.76 Å². The molecule has 2 heterocycles. The zero-order valence-electron chi connectivity index (χ0n) is 22.7. The second kappa shape index (κ2) is 15.2. The fourth-order valence-electron chi connectivity index (χ4n) is 4.91. The van der Waals surface area contributed by atoms with Crippen molar-refractivity contribution >= 4 is 0 Å². The highest BCUT2D eigenvalue weighted by Crippen LogP contribution is 2.26. The first-order chi connectivity index (χ1) is 18.3. The highest BCUT2D eigenvalue weighted by molar-refractivity contribution is 5.61. The number of nitrogens with zero attached hydrogens (tertiary/aromatic N) is 3. The standard InChI is InChI=1S/C33H44N3O/c1-2-3-4-5-6-7-8-9-10-11-12-16-23-35-24-25-36(28-35)27-29-19-21-31(22-20-29)33-34-26-32(37-33)30-17-14-13-15-18-30/h13-15,17-22,24-26,28H,2-12,16,23,27H2,1H3/q+1. The van der Waals surface area contributed by atoms with Crippen LogP contribution in [-0.2, 0) is 13.1 Å². The number of hydrogen-bond donors (Lipinski definition) is 0. The van der Waals surface area contributed by atoms with Gasteiger partial charge in [-0.05, 0) is 30.5 Å². The summed E-state index contributed by atoms with van der Waals surface area (Å²) in [6, 6.07) is 18.6. The van der Waals surface area contributed by atoms with E-state index in [0.717, 1.165) is 30.0 Å². The Kier molecular flexibility index (Phi) is 11.0. The molecule has 2 aromatic carbocycles. The van der Waals surface area contributed by atoms with E-state index in [-0.39, 0.29) is 0 Å². The largest absolute Gasteiger partial charge is 0.436 e. The molecule has 4 rings (SSSR count). The highest BCUT2D eigenvalue weighted by Gasteiger charge is 2.10. The van der Waals surface area contributed by atoms with Crippen molar-refractivity contribution < 1.29 is 8.98 Å². The van der Waals surface area contributed by atoms with Crippen molar-refractivity contribution in [1.82, 2.24) is 9.55 Å². The Morgan fingerprint density at radius 2 is 1.38 bits per heavy atom. The SMILES string of the molecule is CCCCCCCCCCCCCC[n+]1ccn(Cc2ccc(-c3ncc(-c4ccccc4)o3)cc2)c1. The first kappa shape index (κ1) is 26.9. The summed E-state index contributed by atoms with van der Waals surface area (Å²) in [7, 11) is 0. The second-order valence-electron chi connectivity index (χ2n) is 10.3. The minimum absolute atomic E-state index is 0.659. The van der Waals surface area contributed by atoms with E-state index in [1.807, 2.05) is 30.3 Å². The summed E-state index contributed by atoms with van der Waals surface area (Å²) in [5, 5.41) is 0. The Morgan fingerprint density at radius 3 is 2.05 bits per heavy atom. The van der Waals surface area contributed by atoms with Crippen molar-refractivity contribution in [2.75, 3.05) is 0 Å². The van der Waals surface area contributed by atoms with Gasteiger partial charge in [0.2, 0.25) is 12.2 Å². The topological polar surface area (TPSA) is 34.8 Å². The van der Waals surface area contributed by atoms with Crippen LogP contribution in [0.1, 0.15) is 89.5 Å². The van der Waals surface area contributed by atoms with E-state index in [4.69, 9.17) is 4.42 Å². The lowest BCUT2D eigenvalue weighted by Crippen LogP contribution is -2.30. The number of hydrogen-bond acceptors (Lipinski definition) is 2. The summed E-state index contributed by atoms with van der Waals surface area (Å²) >= 11 is 0. The van der Waals surface area contributed by atoms with E-state index in [1.54, 1.807) is 6.20 Å². The molecule has 0 N–H and O–H groups in total. The van der Waals surface area contributed by atoms with Gasteiger partial charge in [0, 0.05) is 11.1 Å². The molecule has 0 aliphatic carbocycles. The maximum absolute atomic E-state index is 5.99. The summed E-state index contributed by atoms with van der Waals surface area (Å²) in [6.45, 7) is 4.26. The molecule has 0 fully saturated rings. The lowest BCUT2D eigenvalue weighted by Gasteiger charge is -2.02. The zero-order chi connectivity index (χ0) is 25.5. The van der Waals surface area contributed by atoms with Crippen LogP contribution in [0.25, 0.3) is 22.8 Å². The molecule has 0 bridgehead atoms. The van der Waals surface area contributed by atoms with Crippen molar-refractivity contribution in [1.29, 1.82) is 0 Å². The molecule has 0 saturated carbocycles. The van der Waals surface area contributed by atoms with Crippen molar-refractivity contribution in [3.8, 4) is 22.8 Å². The third-order valence-corrected chi connectivity index (χ3v) is 7.15. The van der Waals surface area contributed by atoms with E-state index >= 15 is 0 Å². The van der Waals surface area contributed by atoms with Crippen LogP contribution in [0.4, 0.5) is 0 Å². The lowest BCUT2D eigenvalue weighted by molar-refractivity contribution is -0.696. The Bertz CT molecular complexity index is 1140. The van der Waals surface area contributed by atoms with Crippen LogP contribution in [0.3, 0.4) is 0 Å². The van der Waals surface area contributed by atoms with Crippen molar-refractivity contribution in [3.05, 3.63) is 85.1 Å². The van der Waals surface area contributed by atoms with Crippen LogP contribution in [0.5, 0.6) is 0 Å². The van der Waals surface area contributed by atoms with Gasteiger partial charge < -0.3 is 4.42 Å². The highest BCUT2D eigenvalue weighted by atomic mass is 16.4. The molecule has 4 nitrogen and oxygen atoms in total. The van der Waals surface area contributed by atoms with Crippen molar-refractivity contribution in [3.63, 3.8) is 0 Å². The molecule has 0 spiro atoms. The maximum Gasteiger partial charge on any atom is 0.244 e. The normalized spacial score (nSPS) is 11.3. The number of aromatic nitrogens is 3. The lowest BCUT2D eigenvalue weighted by atomic mass is 10.1. The Labute approximate surface area is 223 Å². The van der Waals surface area contributed by atoms with Crippen LogP contribution in [0, 0.1) is 0 Å². The van der Waals surface area contributed by atoms with E-state index in [1.165, 1.54) is 82.6 Å². The van der Waals surface area contributed by atoms with Crippen LogP contribution in [-0.4, -0.2) is 9.55 Å². The fraction of sp³-hybridized carbons (Fsp3) is 0.455. The van der Waals surface area contributed by atoms with Gasteiger partial charge in [0.05, 0.1) is 12.7 Å². The van der Waals surface area contributed by atoms with Crippen LogP contribution < -0.4 is 4.57 Å². The van der Waals surface area contributed by atoms with Gasteiger partial charge in [-0.2, -0.15) is 0 Å². The predicted octanol–water partition coefficient (Wildman–Crippen LogP) is 8.85. The minimum atomic E-state index is 0.659. The number of benzene rings is 2. The predicted molar refractivity (Wildman–Crippen MR) is 152 cm³/mol. The Hall–Kier alpha value is -3.14. The average Bonchev–Trinajstić information content (AvgIpc) is 3.60. The molecule has 0 amide bonds. The Morgan fingerprint density at radius 1 is 0.730 bits per heavy atom. The monoisotopic (exact) mass is 498 g/mol. The molecule has 0 aliphatic rings. The molecular weight excluding hydrogens is 454 g/mol. The van der Waals surface area contributed by atoms with Gasteiger partial charge in [-0.3, -0.25) is 0 Å². The van der Waals surface area contributed by atoms with Crippen LogP contribution in [0.2, 0.25) is 0 Å². The fourth-order valence-corrected chi connectivity index (χ4v) is 4.91. The zero-order valence-corrected chi connectivity index (χ0v) is 22.7. The molecule has 0 saturated heterocycles. The van der Waals surface area contributed by atoms with Gasteiger partial charge in [-0.15, -0.1) is 0 Å². The van der Waals surface area contributed by atoms with E-state index in [9.17, 15) is 0 Å². The van der Waals surface area contributed by atoms with E-state index in [0.29, 0.717) is 5.89 Å². The molecule has 4 heteroatoms.